The molecule has 0 bridgehead atoms. The number of nitrogens with two attached hydrogens (primary N) is 3. The lowest BCUT2D eigenvalue weighted by molar-refractivity contribution is -0.134. The first kappa shape index (κ1) is 102. The first-order chi connectivity index (χ1) is 57.7. The van der Waals surface area contributed by atoms with Gasteiger partial charge in [0.1, 0.15) is 43.2 Å². The van der Waals surface area contributed by atoms with Crippen molar-refractivity contribution in [1.29, 1.82) is 0 Å². The average molecular weight is 1760 g/mol. The minimum Gasteiger partial charge on any atom is -0.458 e. The number of amides is 11. The van der Waals surface area contributed by atoms with E-state index in [1.165, 1.54) is 4.90 Å². The van der Waals surface area contributed by atoms with Gasteiger partial charge in [0.15, 0.2) is 0 Å². The average Bonchev–Trinajstić information content (AvgIpc) is 0.772. The largest absolute Gasteiger partial charge is 0.458 e. The molecule has 2 unspecified atom stereocenters. The number of para-hydroxylation sites is 1. The number of unbranched alkanes of at least 4 members (excludes halogenated alkanes) is 1. The van der Waals surface area contributed by atoms with Gasteiger partial charge in [0, 0.05) is 81.4 Å². The molecule has 18 N–H and O–H groups in total. The molecule has 1 saturated carbocycles. The number of primary amides is 1. The molecule has 40 nitrogen and oxygen atoms in total. The second-order valence-corrected chi connectivity index (χ2v) is 32.6. The number of carbonyl (C=O) groups is 11. The second-order valence-electron chi connectivity index (χ2n) is 29.0. The number of nitrogens with one attached hydrogen (secondary N) is 10. The Kier molecular flexibility index (Phi) is 46.4. The van der Waals surface area contributed by atoms with Gasteiger partial charge < -0.3 is 104 Å². The van der Waals surface area contributed by atoms with Gasteiger partial charge in [-0.15, -0.1) is 0 Å². The summed E-state index contributed by atoms with van der Waals surface area (Å²) in [5.74, 6) is -1.31. The highest BCUT2D eigenvalue weighted by molar-refractivity contribution is 7.86. The SMILES string of the molecule is CC(C)N/C1=C(\N)c2ccccc2N(C(=O)CCC(=O)NCCOCCOCCOCCOCCC(=O)N[C@H](CCCCNC(=O)COC2CCCCCC(=NCCN(CC(=O)NCCS(=O)(=O)O)CC(=O)NCCS(=O)(=O)O)C2=NN)C(=O)N[C@H](C(=O)N[C@@H](CCCNC(N)=O)C(=O)Nc2ccc(COC(=O)P)cc2)C(C)C)Cc2ccccc21. The zero-order valence-electron chi connectivity index (χ0n) is 69.0. The maximum absolute atomic E-state index is 14.4. The monoisotopic (exact) mass is 1760 g/mol. The summed E-state index contributed by atoms with van der Waals surface area (Å²) in [6.45, 7) is 7.12. The van der Waals surface area contributed by atoms with E-state index in [0.29, 0.717) is 59.6 Å². The fourth-order valence-electron chi connectivity index (χ4n) is 12.5. The van der Waals surface area contributed by atoms with Gasteiger partial charge in [-0.05, 0) is 110 Å². The summed E-state index contributed by atoms with van der Waals surface area (Å²) in [7, 11) is -6.89. The zero-order chi connectivity index (χ0) is 88.7. The van der Waals surface area contributed by atoms with Crippen LogP contribution in [0, 0.1) is 5.92 Å². The molecule has 0 saturated heterocycles. The Balaban J connectivity index is 1.11. The van der Waals surface area contributed by atoms with Crippen LogP contribution in [0.3, 0.4) is 0 Å². The third-order valence-corrected chi connectivity index (χ3v) is 20.1. The Hall–Kier alpha value is -9.88. The molecule has 5 atom stereocenters. The molecule has 0 radical (unpaired) electrons. The van der Waals surface area contributed by atoms with E-state index in [2.05, 4.69) is 63.3 Å². The van der Waals surface area contributed by atoms with Crippen LogP contribution in [0.4, 0.5) is 21.0 Å². The van der Waals surface area contributed by atoms with E-state index >= 15 is 0 Å². The van der Waals surface area contributed by atoms with Crippen molar-refractivity contribution in [2.45, 2.75) is 155 Å². The van der Waals surface area contributed by atoms with Crippen molar-refractivity contribution in [3.05, 3.63) is 95.1 Å². The first-order valence-electron chi connectivity index (χ1n) is 40.1. The van der Waals surface area contributed by atoms with Crippen molar-refractivity contribution >= 4 is 129 Å². The summed E-state index contributed by atoms with van der Waals surface area (Å²) in [6, 6.07) is 17.3. The fraction of sp³-hybridized carbons (Fsp3) is 0.577. The third kappa shape index (κ3) is 41.5. The number of ether oxygens (including phenoxy) is 6. The Labute approximate surface area is 708 Å². The maximum Gasteiger partial charge on any atom is 0.320 e. The quantitative estimate of drug-likeness (QED) is 0.0124. The van der Waals surface area contributed by atoms with Crippen molar-refractivity contribution in [3.8, 4) is 0 Å². The fourth-order valence-corrected chi connectivity index (χ4v) is 13.3. The molecule has 672 valence electrons. The normalized spacial score (nSPS) is 15.7. The number of rotatable bonds is 55. The van der Waals surface area contributed by atoms with Gasteiger partial charge in [-0.3, -0.25) is 62.1 Å². The summed E-state index contributed by atoms with van der Waals surface area (Å²) >= 11 is 0. The van der Waals surface area contributed by atoms with E-state index in [-0.39, 0.29) is 174 Å². The molecule has 1 heterocycles. The summed E-state index contributed by atoms with van der Waals surface area (Å²) in [5, 5.41) is 31.2. The lowest BCUT2D eigenvalue weighted by Gasteiger charge is -2.31. The van der Waals surface area contributed by atoms with Crippen LogP contribution in [-0.2, 0) is 105 Å². The lowest BCUT2D eigenvalue weighted by Crippen LogP contribution is -2.57. The molecular formula is C78H120N17O23PS2. The number of aliphatic imine (C=N–C) groups is 1. The molecule has 2 aliphatic rings. The van der Waals surface area contributed by atoms with Gasteiger partial charge in [-0.25, -0.2) is 9.59 Å². The molecular weight excluding hydrogens is 1640 g/mol. The van der Waals surface area contributed by atoms with Gasteiger partial charge in [0.05, 0.1) is 113 Å². The van der Waals surface area contributed by atoms with Crippen LogP contribution in [0.15, 0.2) is 82.9 Å². The van der Waals surface area contributed by atoms with E-state index < -0.39 is 148 Å². The Morgan fingerprint density at radius 1 is 0.612 bits per heavy atom. The van der Waals surface area contributed by atoms with Gasteiger partial charge in [-0.1, -0.05) is 81.3 Å². The number of hydrogen-bond acceptors (Lipinski definition) is 27. The van der Waals surface area contributed by atoms with Crippen molar-refractivity contribution in [2.75, 3.05) is 140 Å². The first-order valence-corrected chi connectivity index (χ1v) is 43.9. The number of hydrogen-bond donors (Lipinski definition) is 15. The van der Waals surface area contributed by atoms with Crippen LogP contribution < -0.4 is 75.4 Å². The molecule has 5 rings (SSSR count). The zero-order valence-corrected chi connectivity index (χ0v) is 71.8. The van der Waals surface area contributed by atoms with E-state index in [1.807, 2.05) is 71.6 Å². The predicted molar refractivity (Wildman–Crippen MR) is 455 cm³/mol. The number of hydrazone groups is 1. The van der Waals surface area contributed by atoms with Crippen molar-refractivity contribution in [1.82, 2.24) is 52.8 Å². The topological polar surface area (TPSA) is 581 Å². The predicted octanol–water partition coefficient (Wildman–Crippen LogP) is 1.08. The second kappa shape index (κ2) is 55.2. The van der Waals surface area contributed by atoms with Crippen LogP contribution in [0.5, 0.6) is 0 Å². The van der Waals surface area contributed by atoms with Gasteiger partial charge in [0.25, 0.3) is 20.2 Å². The molecule has 11 amide bonds. The number of anilines is 2. The van der Waals surface area contributed by atoms with E-state index in [0.717, 1.165) is 23.2 Å². The summed E-state index contributed by atoms with van der Waals surface area (Å²) in [6.07, 6.45) is 2.63. The van der Waals surface area contributed by atoms with Crippen LogP contribution in [0.1, 0.15) is 133 Å². The number of fused-ring (bicyclic) bond motifs is 2. The summed E-state index contributed by atoms with van der Waals surface area (Å²) in [4.78, 5) is 152. The van der Waals surface area contributed by atoms with E-state index in [9.17, 15) is 69.6 Å². The van der Waals surface area contributed by atoms with Crippen LogP contribution in [0.2, 0.25) is 0 Å². The maximum atomic E-state index is 14.4. The van der Waals surface area contributed by atoms with Gasteiger partial charge in [-0.2, -0.15) is 21.9 Å². The number of nitrogens with zero attached hydrogens (tertiary/aromatic N) is 4. The van der Waals surface area contributed by atoms with Crippen LogP contribution in [-0.4, -0.2) is 267 Å². The number of urea groups is 1. The molecule has 1 aliphatic carbocycles. The minimum absolute atomic E-state index is 0.0171. The molecule has 0 spiro atoms. The lowest BCUT2D eigenvalue weighted by atomic mass is 9.95. The van der Waals surface area contributed by atoms with Crippen molar-refractivity contribution < 1.29 is 107 Å². The molecule has 43 heteroatoms. The molecule has 1 fully saturated rings. The highest BCUT2D eigenvalue weighted by atomic mass is 32.2. The number of benzene rings is 3. The summed E-state index contributed by atoms with van der Waals surface area (Å²) in [5.41, 5.74) is 17.7. The van der Waals surface area contributed by atoms with Crippen molar-refractivity contribution in [2.24, 2.45) is 33.3 Å². The third-order valence-electron chi connectivity index (χ3n) is 18.5. The van der Waals surface area contributed by atoms with Gasteiger partial charge >= 0.3 is 11.7 Å². The summed E-state index contributed by atoms with van der Waals surface area (Å²) < 4.78 is 96.7. The smallest absolute Gasteiger partial charge is 0.320 e. The van der Waals surface area contributed by atoms with Crippen LogP contribution in [0.25, 0.3) is 11.4 Å². The Morgan fingerprint density at radius 3 is 1.82 bits per heavy atom. The highest BCUT2D eigenvalue weighted by Gasteiger charge is 2.33. The number of carbonyl (C=O) groups excluding carboxylic acids is 11. The minimum atomic E-state index is -4.40. The Bertz CT molecular complexity index is 4170. The van der Waals surface area contributed by atoms with E-state index in [4.69, 9.17) is 54.8 Å². The van der Waals surface area contributed by atoms with Crippen LogP contribution >= 0.6 is 9.24 Å². The van der Waals surface area contributed by atoms with E-state index in [1.54, 1.807) is 43.0 Å². The molecule has 0 aromatic heterocycles. The molecule has 121 heavy (non-hydrogen) atoms. The molecule has 3 aromatic rings. The van der Waals surface area contributed by atoms with Gasteiger partial charge in [0.2, 0.25) is 53.2 Å². The highest BCUT2D eigenvalue weighted by Crippen LogP contribution is 2.35. The van der Waals surface area contributed by atoms with Crippen molar-refractivity contribution in [3.63, 3.8) is 0 Å². The molecule has 3 aromatic carbocycles. The molecule has 1 aliphatic heterocycles. The Morgan fingerprint density at radius 2 is 1.20 bits per heavy atom. The standard InChI is InChI=1S/C78H120N17O23PS2/c1-52(2)71(76(104)91-61(20-14-31-87-77(80)105)74(102)89-56-25-23-54(24-26-56)50-118-78(106)119)92-75(103)60(19-12-13-30-83-68(100)51-117-63-22-7-5-6-18-59(73(63)93-81)82-32-36-94(48-66(98)85-34-45-120(107,108)109)49-67(99)86-35-46-121(110,111)112)90-65(97)29-37-113-39-41-115-43-44-116-42-40-114-38-33-84-64(96)27-28-69(101)95-47-55-15-8-9-16-57(55)72(88-53(3)4)70(79)58-17-10-11-21-62(58)95/h8-11,15-17,21,23-26,52-53,60-61,63,71,88H,5-7,12-14,18-20,22,27-51,79,81,119H2,1-4H3,(H,83,100)(H,84,96)(H,85,98)(H,86,99)(H,89,102)(H,90,97)(H,91,104)(H,92,103)(H3,80,87,105)(H,107,108,109)(H,110,111,112)/b72-70-,82-59?,93-73?/t60-,61+,63?,71+/m1/s1.